The largest absolute Gasteiger partial charge is 0.462 e. The van der Waals surface area contributed by atoms with Gasteiger partial charge in [0.25, 0.3) is 0 Å². The van der Waals surface area contributed by atoms with E-state index in [9.17, 15) is 19.8 Å². The Morgan fingerprint density at radius 1 is 0.527 bits per heavy atom. The van der Waals surface area contributed by atoms with E-state index in [-0.39, 0.29) is 24.9 Å². The summed E-state index contributed by atoms with van der Waals surface area (Å²) in [4.78, 5) is 26.0. The van der Waals surface area contributed by atoms with E-state index in [4.69, 9.17) is 4.74 Å². The quantitative estimate of drug-likeness (QED) is 0.0326. The van der Waals surface area contributed by atoms with Gasteiger partial charge in [0.1, 0.15) is 6.10 Å². The first-order valence-corrected chi connectivity index (χ1v) is 24.1. The fourth-order valence-electron chi connectivity index (χ4n) is 7.37. The van der Waals surface area contributed by atoms with Crippen molar-refractivity contribution in [3.05, 3.63) is 24.3 Å². The lowest BCUT2D eigenvalue weighted by molar-refractivity contribution is -0.151. The Morgan fingerprint density at radius 3 is 1.38 bits per heavy atom. The number of amides is 1. The number of allylic oxidation sites excluding steroid dienone is 4. The molecule has 0 rings (SSSR count). The topological polar surface area (TPSA) is 95.9 Å². The Bertz CT molecular complexity index is 873. The maximum Gasteiger partial charge on any atom is 0.306 e. The maximum absolute atomic E-state index is 13.1. The van der Waals surface area contributed by atoms with Crippen LogP contribution in [0.25, 0.3) is 0 Å². The first kappa shape index (κ1) is 53.3. The molecule has 0 spiro atoms. The molecule has 55 heavy (non-hydrogen) atoms. The van der Waals surface area contributed by atoms with Crippen LogP contribution in [0.4, 0.5) is 0 Å². The average Bonchev–Trinajstić information content (AvgIpc) is 3.18. The number of rotatable bonds is 43. The van der Waals surface area contributed by atoms with Crippen molar-refractivity contribution < 1.29 is 24.5 Å². The molecule has 0 aliphatic carbocycles. The van der Waals surface area contributed by atoms with Crippen LogP contribution in [0, 0.1) is 0 Å². The van der Waals surface area contributed by atoms with Gasteiger partial charge in [0, 0.05) is 6.42 Å². The van der Waals surface area contributed by atoms with Crippen LogP contribution in [0.15, 0.2) is 24.3 Å². The average molecular weight is 776 g/mol. The highest BCUT2D eigenvalue weighted by Crippen LogP contribution is 2.17. The third-order valence-electron chi connectivity index (χ3n) is 11.1. The zero-order valence-corrected chi connectivity index (χ0v) is 36.8. The number of unbranched alkanes of at least 4 members (excludes halogenated alkanes) is 28. The number of ether oxygens (including phenoxy) is 1. The molecule has 0 radical (unpaired) electrons. The molecule has 0 heterocycles. The van der Waals surface area contributed by atoms with E-state index in [2.05, 4.69) is 50.4 Å². The zero-order chi connectivity index (χ0) is 40.3. The number of carbonyl (C=O) groups excluding carboxylic acids is 2. The second-order valence-electron chi connectivity index (χ2n) is 16.5. The minimum Gasteiger partial charge on any atom is -0.462 e. The molecule has 0 fully saturated rings. The van der Waals surface area contributed by atoms with Gasteiger partial charge in [0.15, 0.2) is 0 Å². The van der Waals surface area contributed by atoms with Gasteiger partial charge in [0.05, 0.1) is 25.2 Å². The Morgan fingerprint density at radius 2 is 0.927 bits per heavy atom. The lowest BCUT2D eigenvalue weighted by atomic mass is 10.0. The van der Waals surface area contributed by atoms with Crippen molar-refractivity contribution in [3.63, 3.8) is 0 Å². The number of aliphatic hydroxyl groups is 2. The van der Waals surface area contributed by atoms with Gasteiger partial charge < -0.3 is 20.3 Å². The molecular formula is C49H93NO5. The van der Waals surface area contributed by atoms with Crippen molar-refractivity contribution in [2.24, 2.45) is 0 Å². The minimum atomic E-state index is -0.793. The third kappa shape index (κ3) is 39.0. The van der Waals surface area contributed by atoms with Crippen LogP contribution in [0.5, 0.6) is 0 Å². The van der Waals surface area contributed by atoms with Crippen LogP contribution in [0.1, 0.15) is 252 Å². The van der Waals surface area contributed by atoms with E-state index in [1.807, 2.05) is 0 Å². The normalized spacial score (nSPS) is 13.5. The molecule has 3 atom stereocenters. The fraction of sp³-hybridized carbons (Fsp3) is 0.878. The van der Waals surface area contributed by atoms with Crippen LogP contribution in [-0.4, -0.2) is 46.9 Å². The van der Waals surface area contributed by atoms with Crippen LogP contribution >= 0.6 is 0 Å². The molecule has 6 nitrogen and oxygen atoms in total. The highest BCUT2D eigenvalue weighted by atomic mass is 16.5. The second-order valence-corrected chi connectivity index (χ2v) is 16.5. The highest BCUT2D eigenvalue weighted by molar-refractivity contribution is 5.77. The van der Waals surface area contributed by atoms with E-state index in [1.165, 1.54) is 148 Å². The fourth-order valence-corrected chi connectivity index (χ4v) is 7.37. The van der Waals surface area contributed by atoms with E-state index in [0.717, 1.165) is 57.8 Å². The number of esters is 1. The number of nitrogens with one attached hydrogen (secondary N) is 1. The van der Waals surface area contributed by atoms with E-state index < -0.39 is 18.2 Å². The first-order chi connectivity index (χ1) is 27.0. The third-order valence-corrected chi connectivity index (χ3v) is 11.1. The zero-order valence-electron chi connectivity index (χ0n) is 36.8. The second kappa shape index (κ2) is 43.5. The van der Waals surface area contributed by atoms with Gasteiger partial charge in [0.2, 0.25) is 5.91 Å². The molecule has 324 valence electrons. The first-order valence-electron chi connectivity index (χ1n) is 24.1. The summed E-state index contributed by atoms with van der Waals surface area (Å²) in [6, 6.07) is -0.709. The summed E-state index contributed by atoms with van der Waals surface area (Å²) in [5.74, 6) is -0.512. The van der Waals surface area contributed by atoms with Crippen molar-refractivity contribution in [2.45, 2.75) is 270 Å². The Kier molecular flexibility index (Phi) is 42.2. The summed E-state index contributed by atoms with van der Waals surface area (Å²) in [5, 5.41) is 23.6. The van der Waals surface area contributed by atoms with E-state index >= 15 is 0 Å². The van der Waals surface area contributed by atoms with Gasteiger partial charge in [-0.2, -0.15) is 0 Å². The van der Waals surface area contributed by atoms with Gasteiger partial charge in [-0.1, -0.05) is 218 Å². The molecule has 0 bridgehead atoms. The molecule has 0 aromatic carbocycles. The van der Waals surface area contributed by atoms with Crippen molar-refractivity contribution in [1.29, 1.82) is 0 Å². The van der Waals surface area contributed by atoms with Gasteiger partial charge in [-0.25, -0.2) is 0 Å². The Labute approximate surface area is 341 Å². The van der Waals surface area contributed by atoms with E-state index in [1.54, 1.807) is 0 Å². The predicted molar refractivity (Wildman–Crippen MR) is 236 cm³/mol. The van der Waals surface area contributed by atoms with Gasteiger partial charge in [-0.05, 0) is 44.9 Å². The summed E-state index contributed by atoms with van der Waals surface area (Å²) in [5.41, 5.74) is 0. The SMILES string of the molecule is CCCCCCCCC/C=C/C=C/CCCC(CC(=O)NC(CO)C(O)CCCCCCCCCCCC)OC(=O)CCCCCCCCCCCCCC. The molecule has 0 saturated heterocycles. The van der Waals surface area contributed by atoms with Gasteiger partial charge >= 0.3 is 5.97 Å². The van der Waals surface area contributed by atoms with Crippen LogP contribution in [0.3, 0.4) is 0 Å². The van der Waals surface area contributed by atoms with Crippen molar-refractivity contribution in [2.75, 3.05) is 6.61 Å². The smallest absolute Gasteiger partial charge is 0.306 e. The molecule has 0 saturated carbocycles. The van der Waals surface area contributed by atoms with Crippen molar-refractivity contribution in [3.8, 4) is 0 Å². The highest BCUT2D eigenvalue weighted by Gasteiger charge is 2.24. The molecule has 3 N–H and O–H groups in total. The molecule has 3 unspecified atom stereocenters. The molecule has 0 aliphatic rings. The molecular weight excluding hydrogens is 683 g/mol. The summed E-state index contributed by atoms with van der Waals surface area (Å²) in [6.07, 6.45) is 48.1. The molecule has 1 amide bonds. The Hall–Kier alpha value is -1.66. The number of aliphatic hydroxyl groups excluding tert-OH is 2. The monoisotopic (exact) mass is 776 g/mol. The lowest BCUT2D eigenvalue weighted by Crippen LogP contribution is -2.46. The molecule has 6 heteroatoms. The van der Waals surface area contributed by atoms with Crippen LogP contribution in [0.2, 0.25) is 0 Å². The number of carbonyl (C=O) groups is 2. The standard InChI is InChI=1S/C49H93NO5/c1-4-7-10-13-16-19-22-24-25-26-28-31-34-37-40-45(55-49(54)42-39-36-33-30-27-23-20-17-14-11-8-5-2)43-48(53)50-46(44-51)47(52)41-38-35-32-29-21-18-15-12-9-6-3/h25-26,28,31,45-47,51-52H,4-24,27,29-30,32-44H2,1-3H3,(H,50,53)/b26-25+,31-28+. The van der Waals surface area contributed by atoms with Gasteiger partial charge in [-0.3, -0.25) is 9.59 Å². The lowest BCUT2D eigenvalue weighted by Gasteiger charge is -2.24. The van der Waals surface area contributed by atoms with Crippen molar-refractivity contribution >= 4 is 11.9 Å². The van der Waals surface area contributed by atoms with Crippen LogP contribution in [-0.2, 0) is 14.3 Å². The minimum absolute atomic E-state index is 0.0493. The molecule has 0 aromatic rings. The van der Waals surface area contributed by atoms with E-state index in [0.29, 0.717) is 19.3 Å². The number of hydrogen-bond donors (Lipinski definition) is 3. The summed E-state index contributed by atoms with van der Waals surface area (Å²) >= 11 is 0. The van der Waals surface area contributed by atoms with Crippen molar-refractivity contribution in [1.82, 2.24) is 5.32 Å². The molecule has 0 aromatic heterocycles. The Balaban J connectivity index is 4.65. The van der Waals surface area contributed by atoms with Gasteiger partial charge in [-0.15, -0.1) is 0 Å². The maximum atomic E-state index is 13.1. The summed E-state index contributed by atoms with van der Waals surface area (Å²) < 4.78 is 5.89. The van der Waals surface area contributed by atoms with Crippen LogP contribution < -0.4 is 5.32 Å². The summed E-state index contributed by atoms with van der Waals surface area (Å²) in [7, 11) is 0. The number of hydrogen-bond acceptors (Lipinski definition) is 5. The molecule has 0 aliphatic heterocycles. The summed E-state index contributed by atoms with van der Waals surface area (Å²) in [6.45, 7) is 6.45. The predicted octanol–water partition coefficient (Wildman–Crippen LogP) is 14.0.